The zero-order valence-corrected chi connectivity index (χ0v) is 5.18. The molecule has 0 aromatic carbocycles. The van der Waals surface area contributed by atoms with Crippen LogP contribution < -0.4 is 0 Å². The Balaban J connectivity index is 2.49. The summed E-state index contributed by atoms with van der Waals surface area (Å²) in [5.41, 5.74) is -0.250. The fourth-order valence-electron chi connectivity index (χ4n) is 0.554. The molecule has 1 saturated heterocycles. The lowest BCUT2D eigenvalue weighted by molar-refractivity contribution is -0.115. The number of hydrogen-bond acceptors (Lipinski definition) is 2. The van der Waals surface area contributed by atoms with Crippen LogP contribution in [0.1, 0.15) is 13.8 Å². The SMILES string of the molecule is CC(C)(C=O)[C@H]1CO1. The van der Waals surface area contributed by atoms with Gasteiger partial charge < -0.3 is 9.53 Å². The van der Waals surface area contributed by atoms with Gasteiger partial charge in [0.2, 0.25) is 0 Å². The van der Waals surface area contributed by atoms with Gasteiger partial charge in [0.15, 0.2) is 0 Å². The van der Waals surface area contributed by atoms with Crippen LogP contribution in [0.2, 0.25) is 0 Å². The van der Waals surface area contributed by atoms with Gasteiger partial charge in [-0.05, 0) is 0 Å². The van der Waals surface area contributed by atoms with Gasteiger partial charge in [0.1, 0.15) is 6.29 Å². The average molecular weight is 114 g/mol. The maximum atomic E-state index is 10.2. The summed E-state index contributed by atoms with van der Waals surface area (Å²) in [5, 5.41) is 0. The molecule has 1 heterocycles. The number of ether oxygens (including phenoxy) is 1. The van der Waals surface area contributed by atoms with Crippen molar-refractivity contribution in [3.05, 3.63) is 0 Å². The first-order valence-electron chi connectivity index (χ1n) is 2.75. The summed E-state index contributed by atoms with van der Waals surface area (Å²) < 4.78 is 4.93. The summed E-state index contributed by atoms with van der Waals surface area (Å²) in [6.45, 7) is 4.53. The average Bonchev–Trinajstić information content (AvgIpc) is 2.44. The maximum absolute atomic E-state index is 10.2. The molecule has 0 aromatic rings. The molecule has 1 aliphatic rings. The number of rotatable bonds is 2. The summed E-state index contributed by atoms with van der Waals surface area (Å²) in [7, 11) is 0. The Hall–Kier alpha value is -0.370. The van der Waals surface area contributed by atoms with E-state index in [1.807, 2.05) is 13.8 Å². The molecule has 8 heavy (non-hydrogen) atoms. The largest absolute Gasteiger partial charge is 0.372 e. The third-order valence-electron chi connectivity index (χ3n) is 1.47. The molecular weight excluding hydrogens is 104 g/mol. The van der Waals surface area contributed by atoms with Gasteiger partial charge in [0.25, 0.3) is 0 Å². The molecule has 0 spiro atoms. The van der Waals surface area contributed by atoms with E-state index in [-0.39, 0.29) is 11.5 Å². The second kappa shape index (κ2) is 1.55. The first-order valence-corrected chi connectivity index (χ1v) is 2.75. The lowest BCUT2D eigenvalue weighted by atomic mass is 9.92. The molecule has 1 aliphatic heterocycles. The number of carbonyl (C=O) groups excluding carboxylic acids is 1. The van der Waals surface area contributed by atoms with E-state index in [2.05, 4.69) is 0 Å². The molecule has 46 valence electrons. The molecule has 2 heteroatoms. The highest BCUT2D eigenvalue weighted by Gasteiger charge is 2.39. The van der Waals surface area contributed by atoms with Crippen LogP contribution in [-0.4, -0.2) is 19.0 Å². The molecular formula is C6H10O2. The molecule has 0 bridgehead atoms. The smallest absolute Gasteiger partial charge is 0.128 e. The molecule has 0 radical (unpaired) electrons. The Morgan fingerprint density at radius 2 is 2.25 bits per heavy atom. The molecule has 0 saturated carbocycles. The van der Waals surface area contributed by atoms with Gasteiger partial charge in [-0.25, -0.2) is 0 Å². The van der Waals surface area contributed by atoms with Gasteiger partial charge in [0, 0.05) is 5.41 Å². The number of hydrogen-bond donors (Lipinski definition) is 0. The van der Waals surface area contributed by atoms with Crippen molar-refractivity contribution in [1.29, 1.82) is 0 Å². The minimum Gasteiger partial charge on any atom is -0.372 e. The molecule has 0 N–H and O–H groups in total. The van der Waals surface area contributed by atoms with E-state index in [4.69, 9.17) is 4.74 Å². The fraction of sp³-hybridized carbons (Fsp3) is 0.833. The van der Waals surface area contributed by atoms with Crippen molar-refractivity contribution < 1.29 is 9.53 Å². The Morgan fingerprint density at radius 1 is 1.75 bits per heavy atom. The molecule has 1 rings (SSSR count). The molecule has 0 amide bonds. The highest BCUT2D eigenvalue weighted by molar-refractivity contribution is 5.59. The second-order valence-electron chi connectivity index (χ2n) is 2.76. The van der Waals surface area contributed by atoms with E-state index < -0.39 is 0 Å². The van der Waals surface area contributed by atoms with Crippen LogP contribution >= 0.6 is 0 Å². The third-order valence-corrected chi connectivity index (χ3v) is 1.47. The van der Waals surface area contributed by atoms with Crippen molar-refractivity contribution in [2.45, 2.75) is 20.0 Å². The van der Waals surface area contributed by atoms with Crippen molar-refractivity contribution in [1.82, 2.24) is 0 Å². The lowest BCUT2D eigenvalue weighted by Gasteiger charge is -2.10. The van der Waals surface area contributed by atoms with Gasteiger partial charge in [-0.1, -0.05) is 13.8 Å². The number of epoxide rings is 1. The van der Waals surface area contributed by atoms with E-state index in [0.29, 0.717) is 0 Å². The van der Waals surface area contributed by atoms with Crippen molar-refractivity contribution in [3.63, 3.8) is 0 Å². The Labute approximate surface area is 48.8 Å². The summed E-state index contributed by atoms with van der Waals surface area (Å²) in [6, 6.07) is 0. The fourth-order valence-corrected chi connectivity index (χ4v) is 0.554. The Morgan fingerprint density at radius 3 is 2.38 bits per heavy atom. The minimum atomic E-state index is -0.250. The zero-order valence-electron chi connectivity index (χ0n) is 5.18. The van der Waals surface area contributed by atoms with Crippen LogP contribution in [0.25, 0.3) is 0 Å². The molecule has 0 aromatic heterocycles. The minimum absolute atomic E-state index is 0.194. The van der Waals surface area contributed by atoms with Gasteiger partial charge in [0.05, 0.1) is 12.7 Å². The highest BCUT2D eigenvalue weighted by Crippen LogP contribution is 2.29. The van der Waals surface area contributed by atoms with Crippen molar-refractivity contribution in [2.75, 3.05) is 6.61 Å². The topological polar surface area (TPSA) is 29.6 Å². The normalized spacial score (nSPS) is 27.5. The third kappa shape index (κ3) is 0.892. The molecule has 2 nitrogen and oxygen atoms in total. The van der Waals surface area contributed by atoms with Crippen molar-refractivity contribution >= 4 is 6.29 Å². The molecule has 0 aliphatic carbocycles. The van der Waals surface area contributed by atoms with E-state index in [1.54, 1.807) is 0 Å². The Bertz CT molecular complexity index is 103. The quantitative estimate of drug-likeness (QED) is 0.389. The molecule has 1 fully saturated rings. The molecule has 1 atom stereocenters. The van der Waals surface area contributed by atoms with Crippen LogP contribution in [0, 0.1) is 5.41 Å². The lowest BCUT2D eigenvalue weighted by Crippen LogP contribution is -2.20. The number of aldehydes is 1. The standard InChI is InChI=1S/C6H10O2/c1-6(2,4-7)5-3-8-5/h4-5H,3H2,1-2H3/t5-/m1/s1. The van der Waals surface area contributed by atoms with Crippen LogP contribution in [-0.2, 0) is 9.53 Å². The summed E-state index contributed by atoms with van der Waals surface area (Å²) >= 11 is 0. The van der Waals surface area contributed by atoms with Gasteiger partial charge >= 0.3 is 0 Å². The number of carbonyl (C=O) groups is 1. The van der Waals surface area contributed by atoms with Crippen LogP contribution in [0.4, 0.5) is 0 Å². The van der Waals surface area contributed by atoms with E-state index in [0.717, 1.165) is 12.9 Å². The summed E-state index contributed by atoms with van der Waals surface area (Å²) in [6.07, 6.45) is 1.14. The van der Waals surface area contributed by atoms with E-state index in [9.17, 15) is 4.79 Å². The van der Waals surface area contributed by atoms with Crippen LogP contribution in [0.5, 0.6) is 0 Å². The predicted octanol–water partition coefficient (Wildman–Crippen LogP) is 0.610. The first kappa shape index (κ1) is 5.76. The van der Waals surface area contributed by atoms with Gasteiger partial charge in [-0.3, -0.25) is 0 Å². The van der Waals surface area contributed by atoms with E-state index >= 15 is 0 Å². The maximum Gasteiger partial charge on any atom is 0.128 e. The highest BCUT2D eigenvalue weighted by atomic mass is 16.6. The van der Waals surface area contributed by atoms with Crippen molar-refractivity contribution in [3.8, 4) is 0 Å². The first-order chi connectivity index (χ1) is 3.67. The molecule has 0 unspecified atom stereocenters. The summed E-state index contributed by atoms with van der Waals surface area (Å²) in [4.78, 5) is 10.2. The van der Waals surface area contributed by atoms with Gasteiger partial charge in [-0.2, -0.15) is 0 Å². The Kier molecular flexibility index (Phi) is 1.12. The van der Waals surface area contributed by atoms with Crippen LogP contribution in [0.3, 0.4) is 0 Å². The van der Waals surface area contributed by atoms with Gasteiger partial charge in [-0.15, -0.1) is 0 Å². The summed E-state index contributed by atoms with van der Waals surface area (Å²) in [5.74, 6) is 0. The predicted molar refractivity (Wildman–Crippen MR) is 29.6 cm³/mol. The zero-order chi connectivity index (χ0) is 6.20. The van der Waals surface area contributed by atoms with Crippen molar-refractivity contribution in [2.24, 2.45) is 5.41 Å². The monoisotopic (exact) mass is 114 g/mol. The van der Waals surface area contributed by atoms with Crippen LogP contribution in [0.15, 0.2) is 0 Å². The second-order valence-corrected chi connectivity index (χ2v) is 2.76. The van der Waals surface area contributed by atoms with E-state index in [1.165, 1.54) is 0 Å².